The third-order valence-corrected chi connectivity index (χ3v) is 7.32. The number of aryl methyl sites for hydroxylation is 1. The van der Waals surface area contributed by atoms with Crippen LogP contribution >= 0.6 is 0 Å². The van der Waals surface area contributed by atoms with Crippen molar-refractivity contribution in [3.63, 3.8) is 0 Å². The lowest BCUT2D eigenvalue weighted by Crippen LogP contribution is -2.61. The fraction of sp³-hybridized carbons (Fsp3) is 0.667. The number of carbonyl (C=O) groups excluding carboxylic acids is 1. The number of benzene rings is 1. The number of rotatable bonds is 2. The van der Waals surface area contributed by atoms with Gasteiger partial charge in [-0.1, -0.05) is 29.8 Å². The summed E-state index contributed by atoms with van der Waals surface area (Å²) in [4.78, 5) is 15.4. The highest BCUT2D eigenvalue weighted by atomic mass is 16.2. The third-order valence-electron chi connectivity index (χ3n) is 7.32. The van der Waals surface area contributed by atoms with Gasteiger partial charge < -0.3 is 4.90 Å². The third kappa shape index (κ3) is 1.96. The molecule has 122 valence electrons. The standard InChI is InChI=1S/C21H27NO/c1-15-3-5-18(6-4-15)20-10-16-9-17(11-20)13-21(12-16,14-20)19(23)22-7-2-8-22/h3-6,16-17H,2,7-14H2,1H3. The van der Waals surface area contributed by atoms with E-state index in [0.29, 0.717) is 5.91 Å². The predicted octanol–water partition coefficient (Wildman–Crippen LogP) is 4.07. The van der Waals surface area contributed by atoms with Crippen LogP contribution in [0.15, 0.2) is 24.3 Å². The molecule has 1 amide bonds. The molecule has 23 heavy (non-hydrogen) atoms. The van der Waals surface area contributed by atoms with Crippen LogP contribution in [0.1, 0.15) is 56.1 Å². The first-order valence-corrected chi connectivity index (χ1v) is 9.45. The van der Waals surface area contributed by atoms with E-state index in [1.807, 2.05) is 0 Å². The van der Waals surface area contributed by atoms with Gasteiger partial charge in [-0.15, -0.1) is 0 Å². The van der Waals surface area contributed by atoms with Crippen molar-refractivity contribution in [3.05, 3.63) is 35.4 Å². The fourth-order valence-corrected chi connectivity index (χ4v) is 6.61. The molecule has 4 bridgehead atoms. The maximum atomic E-state index is 13.2. The zero-order valence-electron chi connectivity index (χ0n) is 14.2. The van der Waals surface area contributed by atoms with Crippen LogP contribution in [0.3, 0.4) is 0 Å². The molecule has 4 aliphatic carbocycles. The molecule has 0 radical (unpaired) electrons. The first kappa shape index (κ1) is 14.1. The second kappa shape index (κ2) is 4.62. The van der Waals surface area contributed by atoms with Crippen LogP contribution in [0.5, 0.6) is 0 Å². The summed E-state index contributed by atoms with van der Waals surface area (Å²) in [6, 6.07) is 9.23. The Balaban J connectivity index is 1.54. The van der Waals surface area contributed by atoms with Crippen LogP contribution in [0, 0.1) is 24.2 Å². The maximum absolute atomic E-state index is 13.2. The van der Waals surface area contributed by atoms with Crippen molar-refractivity contribution in [1.82, 2.24) is 4.90 Å². The van der Waals surface area contributed by atoms with Gasteiger partial charge in [-0.3, -0.25) is 4.79 Å². The minimum Gasteiger partial charge on any atom is -0.342 e. The van der Waals surface area contributed by atoms with Gasteiger partial charge in [0.05, 0.1) is 5.41 Å². The zero-order valence-corrected chi connectivity index (χ0v) is 14.2. The van der Waals surface area contributed by atoms with Gasteiger partial charge in [-0.05, 0) is 74.7 Å². The molecule has 0 aromatic heterocycles. The first-order valence-electron chi connectivity index (χ1n) is 9.45. The summed E-state index contributed by atoms with van der Waals surface area (Å²) in [5.74, 6) is 2.07. The predicted molar refractivity (Wildman–Crippen MR) is 91.2 cm³/mol. The minimum absolute atomic E-state index is 0.0185. The Bertz CT molecular complexity index is 628. The number of amides is 1. The van der Waals surface area contributed by atoms with Crippen LogP contribution in [-0.4, -0.2) is 23.9 Å². The number of carbonyl (C=O) groups is 1. The largest absolute Gasteiger partial charge is 0.342 e. The topological polar surface area (TPSA) is 20.3 Å². The lowest BCUT2D eigenvalue weighted by atomic mass is 9.42. The molecule has 1 aliphatic heterocycles. The van der Waals surface area contributed by atoms with E-state index in [9.17, 15) is 4.79 Å². The highest BCUT2D eigenvalue weighted by Crippen LogP contribution is 2.66. The Morgan fingerprint density at radius 1 is 1.04 bits per heavy atom. The van der Waals surface area contributed by atoms with Crippen molar-refractivity contribution in [2.24, 2.45) is 17.3 Å². The van der Waals surface area contributed by atoms with Crippen molar-refractivity contribution in [3.8, 4) is 0 Å². The highest BCUT2D eigenvalue weighted by Gasteiger charge is 2.61. The van der Waals surface area contributed by atoms with Crippen molar-refractivity contribution >= 4 is 5.91 Å². The molecule has 5 aliphatic rings. The number of hydrogen-bond donors (Lipinski definition) is 0. The zero-order chi connectivity index (χ0) is 15.7. The Hall–Kier alpha value is -1.31. The summed E-state index contributed by atoms with van der Waals surface area (Å²) >= 11 is 0. The second-order valence-electron chi connectivity index (χ2n) is 9.03. The van der Waals surface area contributed by atoms with Crippen LogP contribution in [-0.2, 0) is 10.2 Å². The molecular weight excluding hydrogens is 282 g/mol. The van der Waals surface area contributed by atoms with Gasteiger partial charge in [0.15, 0.2) is 0 Å². The Morgan fingerprint density at radius 3 is 2.26 bits per heavy atom. The maximum Gasteiger partial charge on any atom is 0.228 e. The molecule has 0 spiro atoms. The minimum atomic E-state index is -0.0185. The molecule has 0 N–H and O–H groups in total. The monoisotopic (exact) mass is 309 g/mol. The summed E-state index contributed by atoms with van der Waals surface area (Å²) in [5.41, 5.74) is 3.12. The van der Waals surface area contributed by atoms with Crippen LogP contribution in [0.4, 0.5) is 0 Å². The summed E-state index contributed by atoms with van der Waals surface area (Å²) in [5, 5.41) is 0. The van der Waals surface area contributed by atoms with Gasteiger partial charge in [0.25, 0.3) is 0 Å². The van der Waals surface area contributed by atoms with Crippen LogP contribution in [0.25, 0.3) is 0 Å². The van der Waals surface area contributed by atoms with Crippen LogP contribution in [0.2, 0.25) is 0 Å². The molecule has 2 heteroatoms. The molecule has 2 unspecified atom stereocenters. The molecule has 2 nitrogen and oxygen atoms in total. The molecule has 1 heterocycles. The first-order chi connectivity index (χ1) is 11.1. The number of hydrogen-bond acceptors (Lipinski definition) is 1. The Kier molecular flexibility index (Phi) is 2.82. The van der Waals surface area contributed by atoms with E-state index < -0.39 is 0 Å². The summed E-state index contributed by atoms with van der Waals surface area (Å²) in [6.07, 6.45) is 8.69. The Morgan fingerprint density at radius 2 is 1.70 bits per heavy atom. The number of nitrogens with zero attached hydrogens (tertiary/aromatic N) is 1. The summed E-state index contributed by atoms with van der Waals surface area (Å²) in [6.45, 7) is 4.18. The average molecular weight is 309 g/mol. The van der Waals surface area contributed by atoms with Crippen molar-refractivity contribution in [2.75, 3.05) is 13.1 Å². The molecule has 2 atom stereocenters. The quantitative estimate of drug-likeness (QED) is 0.806. The van der Waals surface area contributed by atoms with E-state index in [1.54, 1.807) is 0 Å². The second-order valence-corrected chi connectivity index (χ2v) is 9.03. The van der Waals surface area contributed by atoms with Gasteiger partial charge in [0.2, 0.25) is 5.91 Å². The molecular formula is C21H27NO. The molecule has 1 aromatic rings. The molecule has 5 fully saturated rings. The fourth-order valence-electron chi connectivity index (χ4n) is 6.61. The van der Waals surface area contributed by atoms with Crippen molar-refractivity contribution in [2.45, 2.75) is 57.3 Å². The van der Waals surface area contributed by atoms with Crippen molar-refractivity contribution < 1.29 is 4.79 Å². The van der Waals surface area contributed by atoms with Gasteiger partial charge in [0, 0.05) is 13.1 Å². The normalized spacial score (nSPS) is 41.0. The Labute approximate surface area is 139 Å². The summed E-state index contributed by atoms with van der Waals surface area (Å²) in [7, 11) is 0. The highest BCUT2D eigenvalue weighted by molar-refractivity contribution is 5.84. The lowest BCUT2D eigenvalue weighted by Gasteiger charge is -2.62. The van der Waals surface area contributed by atoms with Gasteiger partial charge in [-0.2, -0.15) is 0 Å². The average Bonchev–Trinajstić information content (AvgIpc) is 2.44. The molecule has 1 aromatic carbocycles. The molecule has 1 saturated heterocycles. The number of likely N-dealkylation sites (tertiary alicyclic amines) is 1. The van der Waals surface area contributed by atoms with E-state index >= 15 is 0 Å². The van der Waals surface area contributed by atoms with E-state index in [4.69, 9.17) is 0 Å². The lowest BCUT2D eigenvalue weighted by molar-refractivity contribution is -0.163. The van der Waals surface area contributed by atoms with Gasteiger partial charge in [0.1, 0.15) is 0 Å². The van der Waals surface area contributed by atoms with E-state index in [0.717, 1.165) is 31.3 Å². The van der Waals surface area contributed by atoms with Crippen LogP contribution < -0.4 is 0 Å². The van der Waals surface area contributed by atoms with Gasteiger partial charge in [-0.25, -0.2) is 0 Å². The van der Waals surface area contributed by atoms with E-state index in [2.05, 4.69) is 36.1 Å². The molecule has 6 rings (SSSR count). The van der Waals surface area contributed by atoms with E-state index in [1.165, 1.54) is 49.7 Å². The van der Waals surface area contributed by atoms with Crippen molar-refractivity contribution in [1.29, 1.82) is 0 Å². The molecule has 4 saturated carbocycles. The van der Waals surface area contributed by atoms with E-state index in [-0.39, 0.29) is 10.8 Å². The SMILES string of the molecule is Cc1ccc(C23CC4CC(CC(C(=O)N5CCC5)(C4)C2)C3)cc1. The van der Waals surface area contributed by atoms with Gasteiger partial charge >= 0.3 is 0 Å². The smallest absolute Gasteiger partial charge is 0.228 e. The summed E-state index contributed by atoms with van der Waals surface area (Å²) < 4.78 is 0.